The van der Waals surface area contributed by atoms with Crippen LogP contribution in [0.2, 0.25) is 0 Å². The highest BCUT2D eigenvalue weighted by Gasteiger charge is 2.73. The molecule has 2 N–H and O–H groups in total. The highest BCUT2D eigenvalue weighted by molar-refractivity contribution is 5.99. The number of rotatable bonds is 4. The largest absolute Gasteiger partial charge is 0.509 e. The zero-order chi connectivity index (χ0) is 28.5. The van der Waals surface area contributed by atoms with E-state index in [1.54, 1.807) is 6.08 Å². The van der Waals surface area contributed by atoms with Crippen molar-refractivity contribution < 1.29 is 34.1 Å². The molecular weight excluding hydrogens is 496 g/mol. The third kappa shape index (κ3) is 4.08. The Morgan fingerprint density at radius 1 is 1.03 bits per heavy atom. The molecule has 5 rings (SSSR count). The van der Waals surface area contributed by atoms with Gasteiger partial charge in [0.05, 0.1) is 5.41 Å². The van der Waals surface area contributed by atoms with Gasteiger partial charge in [0, 0.05) is 17.4 Å². The molecule has 7 heteroatoms. The van der Waals surface area contributed by atoms with Gasteiger partial charge >= 0.3 is 12.1 Å². The van der Waals surface area contributed by atoms with Gasteiger partial charge in [-0.05, 0) is 93.5 Å². The topological polar surface area (TPSA) is 110 Å². The van der Waals surface area contributed by atoms with E-state index in [1.807, 2.05) is 20.8 Å². The molecule has 0 saturated heterocycles. The van der Waals surface area contributed by atoms with E-state index in [-0.39, 0.29) is 41.3 Å². The lowest BCUT2D eigenvalue weighted by Crippen LogP contribution is -2.61. The van der Waals surface area contributed by atoms with Gasteiger partial charge in [-0.15, -0.1) is 0 Å². The van der Waals surface area contributed by atoms with E-state index in [2.05, 4.69) is 20.8 Å². The van der Waals surface area contributed by atoms with Gasteiger partial charge in [-0.3, -0.25) is 4.79 Å². The van der Waals surface area contributed by atoms with Crippen molar-refractivity contribution in [3.05, 3.63) is 23.5 Å². The number of hydrogen-bond donors (Lipinski definition) is 2. The molecule has 2 unspecified atom stereocenters. The maximum Gasteiger partial charge on any atom is 0.509 e. The van der Waals surface area contributed by atoms with Crippen LogP contribution in [0.1, 0.15) is 92.9 Å². The summed E-state index contributed by atoms with van der Waals surface area (Å²) in [4.78, 5) is 39.8. The van der Waals surface area contributed by atoms with Gasteiger partial charge in [0.25, 0.3) is 0 Å². The molecule has 0 bridgehead atoms. The predicted octanol–water partition coefficient (Wildman–Crippen LogP) is 6.86. The number of aliphatic hydroxyl groups excluding tert-OH is 1. The van der Waals surface area contributed by atoms with Crippen LogP contribution in [-0.2, 0) is 19.1 Å². The fourth-order valence-electron chi connectivity index (χ4n) is 9.87. The number of ketones is 1. The molecule has 39 heavy (non-hydrogen) atoms. The molecule has 0 aliphatic heterocycles. The lowest BCUT2D eigenvalue weighted by molar-refractivity contribution is -0.195. The molecule has 0 amide bonds. The minimum Gasteiger partial charge on any atom is -0.508 e. The minimum atomic E-state index is -1.68. The Morgan fingerprint density at radius 3 is 2.41 bits per heavy atom. The average Bonchev–Trinajstić information content (AvgIpc) is 3.07. The third-order valence-electron chi connectivity index (χ3n) is 12.0. The molecule has 0 heterocycles. The molecule has 0 aromatic rings. The quantitative estimate of drug-likeness (QED) is 0.373. The van der Waals surface area contributed by atoms with Crippen molar-refractivity contribution in [2.24, 2.45) is 52.3 Å². The van der Waals surface area contributed by atoms with Crippen molar-refractivity contribution in [3.63, 3.8) is 0 Å². The summed E-state index contributed by atoms with van der Waals surface area (Å²) in [6.45, 7) is 12.3. The van der Waals surface area contributed by atoms with Crippen molar-refractivity contribution in [2.45, 2.75) is 105 Å². The van der Waals surface area contributed by atoms with Crippen LogP contribution in [-0.4, -0.2) is 39.8 Å². The lowest BCUT2D eigenvalue weighted by atomic mass is 9.46. The monoisotopic (exact) mass is 542 g/mol. The predicted molar refractivity (Wildman–Crippen MR) is 146 cm³/mol. The Labute approximate surface area is 232 Å². The molecule has 5 aliphatic rings. The summed E-state index contributed by atoms with van der Waals surface area (Å²) in [5.74, 6) is -0.299. The first-order chi connectivity index (χ1) is 18.3. The number of allylic oxidation sites excluding steroid dienone is 3. The Bertz CT molecular complexity index is 1110. The first-order valence-electron chi connectivity index (χ1n) is 15.0. The maximum absolute atomic E-state index is 13.4. The number of hydrogen-bond acceptors (Lipinski definition) is 6. The van der Waals surface area contributed by atoms with Crippen LogP contribution in [0.4, 0.5) is 4.79 Å². The van der Waals surface area contributed by atoms with Crippen LogP contribution in [0.25, 0.3) is 0 Å². The van der Waals surface area contributed by atoms with Gasteiger partial charge in [0.2, 0.25) is 5.60 Å². The standard InChI is InChI=1S/C32H46O7/c1-17(2)22-9-7-18(3)13-26(22)38-29(37)39-32(28(35)36)19(4)14-25-23-10-8-20-15-21(33)16-27(34)31(20,6)24(23)11-12-30(25,32)5/h15-19,22-26,33H,7-14H2,1-6H3,(H,35,36)/t18-,19?,22+,23+,24-,25-,26-,30-,31-,32?/m0/s1. The molecule has 10 atom stereocenters. The second-order valence-corrected chi connectivity index (χ2v) is 14.2. The van der Waals surface area contributed by atoms with E-state index in [0.29, 0.717) is 37.5 Å². The molecule has 5 aliphatic carbocycles. The van der Waals surface area contributed by atoms with E-state index in [9.17, 15) is 24.6 Å². The summed E-state index contributed by atoms with van der Waals surface area (Å²) < 4.78 is 12.0. The summed E-state index contributed by atoms with van der Waals surface area (Å²) >= 11 is 0. The second kappa shape index (κ2) is 9.66. The number of ether oxygens (including phenoxy) is 2. The Balaban J connectivity index is 1.42. The van der Waals surface area contributed by atoms with Crippen LogP contribution in [0, 0.1) is 52.3 Å². The average molecular weight is 543 g/mol. The number of carboxylic acids is 1. The van der Waals surface area contributed by atoms with E-state index < -0.39 is 34.5 Å². The molecule has 0 aromatic heterocycles. The number of fused-ring (bicyclic) bond motifs is 5. The van der Waals surface area contributed by atoms with Gasteiger partial charge in [-0.2, -0.15) is 0 Å². The zero-order valence-electron chi connectivity index (χ0n) is 24.4. The van der Waals surface area contributed by atoms with Crippen LogP contribution in [0.15, 0.2) is 23.5 Å². The van der Waals surface area contributed by atoms with E-state index >= 15 is 0 Å². The summed E-state index contributed by atoms with van der Waals surface area (Å²) in [7, 11) is 0. The van der Waals surface area contributed by atoms with E-state index in [4.69, 9.17) is 9.47 Å². The van der Waals surface area contributed by atoms with Crippen molar-refractivity contribution >= 4 is 17.9 Å². The first kappa shape index (κ1) is 28.2. The maximum atomic E-state index is 13.4. The number of aliphatic carboxylic acids is 1. The molecule has 0 aromatic carbocycles. The van der Waals surface area contributed by atoms with Gasteiger partial charge < -0.3 is 19.7 Å². The Hall–Kier alpha value is -2.31. The fraction of sp³-hybridized carbons (Fsp3) is 0.781. The molecule has 0 radical (unpaired) electrons. The van der Waals surface area contributed by atoms with E-state index in [0.717, 1.165) is 31.3 Å². The van der Waals surface area contributed by atoms with Gasteiger partial charge in [-0.1, -0.05) is 46.6 Å². The highest BCUT2D eigenvalue weighted by atomic mass is 16.7. The minimum absolute atomic E-state index is 0.000978. The molecule has 4 saturated carbocycles. The van der Waals surface area contributed by atoms with E-state index in [1.165, 1.54) is 6.08 Å². The zero-order valence-corrected chi connectivity index (χ0v) is 24.4. The van der Waals surface area contributed by atoms with Crippen molar-refractivity contribution in [2.75, 3.05) is 0 Å². The van der Waals surface area contributed by atoms with Crippen molar-refractivity contribution in [1.29, 1.82) is 0 Å². The lowest BCUT2D eigenvalue weighted by Gasteiger charge is -2.57. The summed E-state index contributed by atoms with van der Waals surface area (Å²) in [5.41, 5.74) is -2.16. The van der Waals surface area contributed by atoms with Crippen molar-refractivity contribution in [1.82, 2.24) is 0 Å². The summed E-state index contributed by atoms with van der Waals surface area (Å²) in [6, 6.07) is 0. The molecule has 216 valence electrons. The molecule has 4 fully saturated rings. The first-order valence-corrected chi connectivity index (χ1v) is 15.0. The highest BCUT2D eigenvalue weighted by Crippen LogP contribution is 2.69. The molecule has 7 nitrogen and oxygen atoms in total. The molecule has 0 spiro atoms. The summed E-state index contributed by atoms with van der Waals surface area (Å²) in [5, 5.41) is 20.8. The van der Waals surface area contributed by atoms with Crippen LogP contribution < -0.4 is 0 Å². The Kier molecular flexibility index (Phi) is 6.99. The number of carbonyl (C=O) groups excluding carboxylic acids is 2. The van der Waals surface area contributed by atoms with Gasteiger partial charge in [0.1, 0.15) is 11.9 Å². The molecular formula is C32H46O7. The SMILES string of the molecule is CC(C)[C@H]1CC[C@H](C)C[C@@H]1OC(=O)OC1(C(=O)O)C(C)C[C@H]2[C@@H]3CCC4=CC(O)=CC(=O)[C@]4(C)[C@H]3CC[C@@]21C. The Morgan fingerprint density at radius 2 is 1.74 bits per heavy atom. The number of carboxylic acid groups (broad SMARTS) is 1. The fourth-order valence-corrected chi connectivity index (χ4v) is 9.87. The van der Waals surface area contributed by atoms with Crippen LogP contribution >= 0.6 is 0 Å². The summed E-state index contributed by atoms with van der Waals surface area (Å²) in [6.07, 6.45) is 8.18. The van der Waals surface area contributed by atoms with Crippen LogP contribution in [0.3, 0.4) is 0 Å². The third-order valence-corrected chi connectivity index (χ3v) is 12.0. The normalized spacial score (nSPS) is 45.4. The van der Waals surface area contributed by atoms with Gasteiger partial charge in [-0.25, -0.2) is 9.59 Å². The smallest absolute Gasteiger partial charge is 0.508 e. The van der Waals surface area contributed by atoms with Crippen molar-refractivity contribution in [3.8, 4) is 0 Å². The van der Waals surface area contributed by atoms with Gasteiger partial charge in [0.15, 0.2) is 5.78 Å². The number of aliphatic hydroxyl groups is 1. The number of carbonyl (C=O) groups is 3. The second-order valence-electron chi connectivity index (χ2n) is 14.2. The van der Waals surface area contributed by atoms with Crippen LogP contribution in [0.5, 0.6) is 0 Å².